The van der Waals surface area contributed by atoms with Crippen LogP contribution in [-0.2, 0) is 6.54 Å². The zero-order chi connectivity index (χ0) is 12.3. The van der Waals surface area contributed by atoms with E-state index in [4.69, 9.17) is 5.73 Å². The summed E-state index contributed by atoms with van der Waals surface area (Å²) >= 11 is 0. The van der Waals surface area contributed by atoms with Crippen LogP contribution in [0.1, 0.15) is 12.5 Å². The third-order valence-corrected chi connectivity index (χ3v) is 3.29. The van der Waals surface area contributed by atoms with Gasteiger partial charge in [-0.05, 0) is 12.6 Å². The minimum atomic E-state index is -0.264. The zero-order valence-corrected chi connectivity index (χ0v) is 10.2. The molecular weight excluding hydrogens is 219 g/mol. The molecule has 2 rings (SSSR count). The average molecular weight is 238 g/mol. The Balaban J connectivity index is 2.13. The van der Waals surface area contributed by atoms with Gasteiger partial charge in [0.25, 0.3) is 0 Å². The van der Waals surface area contributed by atoms with Crippen LogP contribution in [0.3, 0.4) is 0 Å². The number of piperazine rings is 1. The standard InChI is InChI=1S/C12H19FN4/c1-2-16-5-7-17(8-6-16)12-11(13)10(9-14)3-4-15-12/h3-4H,2,5-9,14H2,1H3. The number of hydrogen-bond donors (Lipinski definition) is 1. The van der Waals surface area contributed by atoms with Crippen molar-refractivity contribution in [3.05, 3.63) is 23.6 Å². The minimum Gasteiger partial charge on any atom is -0.352 e. The lowest BCUT2D eigenvalue weighted by atomic mass is 10.2. The van der Waals surface area contributed by atoms with Gasteiger partial charge < -0.3 is 15.5 Å². The van der Waals surface area contributed by atoms with E-state index in [2.05, 4.69) is 16.8 Å². The Morgan fingerprint density at radius 1 is 1.35 bits per heavy atom. The monoisotopic (exact) mass is 238 g/mol. The highest BCUT2D eigenvalue weighted by molar-refractivity contribution is 5.43. The van der Waals surface area contributed by atoms with E-state index in [0.717, 1.165) is 32.7 Å². The van der Waals surface area contributed by atoms with Crippen LogP contribution < -0.4 is 10.6 Å². The van der Waals surface area contributed by atoms with Crippen LogP contribution >= 0.6 is 0 Å². The van der Waals surface area contributed by atoms with Crippen LogP contribution in [0.15, 0.2) is 12.3 Å². The lowest BCUT2D eigenvalue weighted by Crippen LogP contribution is -2.46. The Bertz CT molecular complexity index is 375. The molecule has 1 aromatic rings. The summed E-state index contributed by atoms with van der Waals surface area (Å²) in [7, 11) is 0. The van der Waals surface area contributed by atoms with Crippen molar-refractivity contribution in [1.82, 2.24) is 9.88 Å². The Labute approximate surface area is 101 Å². The summed E-state index contributed by atoms with van der Waals surface area (Å²) in [6.07, 6.45) is 1.63. The first kappa shape index (κ1) is 12.3. The summed E-state index contributed by atoms with van der Waals surface area (Å²) in [5, 5.41) is 0. The fraction of sp³-hybridized carbons (Fsp3) is 0.583. The Morgan fingerprint density at radius 2 is 2.06 bits per heavy atom. The molecule has 1 fully saturated rings. The summed E-state index contributed by atoms with van der Waals surface area (Å²) in [6, 6.07) is 1.64. The van der Waals surface area contributed by atoms with Crippen molar-refractivity contribution < 1.29 is 4.39 Å². The van der Waals surface area contributed by atoms with Crippen LogP contribution in [0, 0.1) is 5.82 Å². The smallest absolute Gasteiger partial charge is 0.170 e. The molecule has 1 aliphatic rings. The van der Waals surface area contributed by atoms with E-state index in [1.807, 2.05) is 4.90 Å². The lowest BCUT2D eigenvalue weighted by molar-refractivity contribution is 0.269. The summed E-state index contributed by atoms with van der Waals surface area (Å²) in [5.74, 6) is 0.184. The molecule has 2 heterocycles. The maximum atomic E-state index is 14.0. The van der Waals surface area contributed by atoms with E-state index in [1.165, 1.54) is 0 Å². The first-order chi connectivity index (χ1) is 8.26. The van der Waals surface area contributed by atoms with Gasteiger partial charge in [0.1, 0.15) is 0 Å². The van der Waals surface area contributed by atoms with Gasteiger partial charge in [0.05, 0.1) is 0 Å². The van der Waals surface area contributed by atoms with Crippen molar-refractivity contribution in [2.75, 3.05) is 37.6 Å². The average Bonchev–Trinajstić information content (AvgIpc) is 2.39. The molecule has 1 saturated heterocycles. The number of pyridine rings is 1. The molecular formula is C12H19FN4. The predicted molar refractivity (Wildman–Crippen MR) is 66.4 cm³/mol. The van der Waals surface area contributed by atoms with Crippen LogP contribution in [0.2, 0.25) is 0 Å². The van der Waals surface area contributed by atoms with Crippen molar-refractivity contribution >= 4 is 5.82 Å². The van der Waals surface area contributed by atoms with E-state index in [9.17, 15) is 4.39 Å². The van der Waals surface area contributed by atoms with Gasteiger partial charge >= 0.3 is 0 Å². The number of anilines is 1. The van der Waals surface area contributed by atoms with Gasteiger partial charge in [-0.25, -0.2) is 9.37 Å². The third-order valence-electron chi connectivity index (χ3n) is 3.29. The van der Waals surface area contributed by atoms with E-state index in [-0.39, 0.29) is 12.4 Å². The second-order valence-corrected chi connectivity index (χ2v) is 4.23. The highest BCUT2D eigenvalue weighted by Crippen LogP contribution is 2.20. The van der Waals surface area contributed by atoms with E-state index < -0.39 is 0 Å². The van der Waals surface area contributed by atoms with Crippen LogP contribution in [0.5, 0.6) is 0 Å². The molecule has 17 heavy (non-hydrogen) atoms. The SMILES string of the molecule is CCN1CCN(c2nccc(CN)c2F)CC1. The molecule has 0 unspecified atom stereocenters. The van der Waals surface area contributed by atoms with Crippen LogP contribution in [0.4, 0.5) is 10.2 Å². The molecule has 0 saturated carbocycles. The fourth-order valence-electron chi connectivity index (χ4n) is 2.13. The molecule has 0 amide bonds. The van der Waals surface area contributed by atoms with Crippen molar-refractivity contribution in [2.24, 2.45) is 5.73 Å². The lowest BCUT2D eigenvalue weighted by Gasteiger charge is -2.35. The van der Waals surface area contributed by atoms with Crippen molar-refractivity contribution in [3.63, 3.8) is 0 Å². The Hall–Kier alpha value is -1.20. The Morgan fingerprint density at radius 3 is 2.65 bits per heavy atom. The molecule has 0 radical (unpaired) electrons. The maximum absolute atomic E-state index is 14.0. The van der Waals surface area contributed by atoms with Gasteiger partial charge in [-0.1, -0.05) is 6.92 Å². The first-order valence-electron chi connectivity index (χ1n) is 6.07. The van der Waals surface area contributed by atoms with Crippen molar-refractivity contribution in [1.29, 1.82) is 0 Å². The topological polar surface area (TPSA) is 45.4 Å². The summed E-state index contributed by atoms with van der Waals surface area (Å²) in [4.78, 5) is 8.49. The van der Waals surface area contributed by atoms with Gasteiger partial charge in [-0.15, -0.1) is 0 Å². The highest BCUT2D eigenvalue weighted by atomic mass is 19.1. The number of aromatic nitrogens is 1. The number of halogens is 1. The normalized spacial score (nSPS) is 17.5. The summed E-state index contributed by atoms with van der Waals surface area (Å²) in [6.45, 7) is 6.99. The van der Waals surface area contributed by atoms with Crippen LogP contribution in [-0.4, -0.2) is 42.6 Å². The molecule has 4 nitrogen and oxygen atoms in total. The zero-order valence-electron chi connectivity index (χ0n) is 10.2. The second kappa shape index (κ2) is 5.42. The van der Waals surface area contributed by atoms with Gasteiger partial charge in [0.15, 0.2) is 11.6 Å². The largest absolute Gasteiger partial charge is 0.352 e. The maximum Gasteiger partial charge on any atom is 0.170 e. The number of likely N-dealkylation sites (N-methyl/N-ethyl adjacent to an activating group) is 1. The van der Waals surface area contributed by atoms with Crippen molar-refractivity contribution in [2.45, 2.75) is 13.5 Å². The van der Waals surface area contributed by atoms with E-state index in [1.54, 1.807) is 12.3 Å². The summed E-state index contributed by atoms with van der Waals surface area (Å²) in [5.41, 5.74) is 6.03. The minimum absolute atomic E-state index is 0.219. The Kier molecular flexibility index (Phi) is 3.91. The number of hydrogen-bond acceptors (Lipinski definition) is 4. The highest BCUT2D eigenvalue weighted by Gasteiger charge is 2.20. The third kappa shape index (κ3) is 2.56. The van der Waals surface area contributed by atoms with E-state index in [0.29, 0.717) is 11.4 Å². The molecule has 1 aliphatic heterocycles. The molecule has 0 aliphatic carbocycles. The molecule has 0 spiro atoms. The molecule has 0 bridgehead atoms. The van der Waals surface area contributed by atoms with Gasteiger partial charge in [-0.2, -0.15) is 0 Å². The predicted octanol–water partition coefficient (Wildman–Crippen LogP) is 0.821. The molecule has 1 aromatic heterocycles. The molecule has 2 N–H and O–H groups in total. The van der Waals surface area contributed by atoms with Gasteiger partial charge in [-0.3, -0.25) is 0 Å². The second-order valence-electron chi connectivity index (χ2n) is 4.23. The van der Waals surface area contributed by atoms with Crippen LogP contribution in [0.25, 0.3) is 0 Å². The van der Waals surface area contributed by atoms with Crippen molar-refractivity contribution in [3.8, 4) is 0 Å². The molecule has 94 valence electrons. The van der Waals surface area contributed by atoms with Gasteiger partial charge in [0.2, 0.25) is 0 Å². The number of nitrogens with zero attached hydrogens (tertiary/aromatic N) is 3. The first-order valence-corrected chi connectivity index (χ1v) is 6.07. The molecule has 0 aromatic carbocycles. The molecule has 5 heteroatoms. The van der Waals surface area contributed by atoms with E-state index >= 15 is 0 Å². The number of rotatable bonds is 3. The summed E-state index contributed by atoms with van der Waals surface area (Å²) < 4.78 is 14.0. The number of nitrogens with two attached hydrogens (primary N) is 1. The fourth-order valence-corrected chi connectivity index (χ4v) is 2.13. The molecule has 0 atom stereocenters. The quantitative estimate of drug-likeness (QED) is 0.847. The van der Waals surface area contributed by atoms with Gasteiger partial charge in [0, 0.05) is 44.5 Å².